The fourth-order valence-corrected chi connectivity index (χ4v) is 1.18. The van der Waals surface area contributed by atoms with E-state index in [9.17, 15) is 14.4 Å². The molecule has 0 aromatic rings. The lowest BCUT2D eigenvalue weighted by molar-refractivity contribution is -0.144. The minimum Gasteiger partial charge on any atom is -0.480 e. The Balaban J connectivity index is 0.000000443. The number of nitrogens with zero attached hydrogens (tertiary/aromatic N) is 1. The molecule has 0 saturated carbocycles. The summed E-state index contributed by atoms with van der Waals surface area (Å²) in [6, 6.07) is 0. The lowest BCUT2D eigenvalue weighted by Gasteiger charge is -2.14. The standard InChI is InChI=1S/C6H9NO6.C4H8O2/c8-4(9)1-7(2-5(10)11)3-6(12)13;1-2-6-4-3-5-1/h1-3H2,(H,8,9)(H,10,11)(H,12,13);1-4H2. The maximum atomic E-state index is 10.1. The molecule has 1 heterocycles. The number of carbonyl (C=O) groups is 3. The van der Waals surface area contributed by atoms with Crippen molar-refractivity contribution in [2.45, 2.75) is 0 Å². The molecule has 0 radical (unpaired) electrons. The van der Waals surface area contributed by atoms with Crippen LogP contribution in [0, 0.1) is 0 Å². The van der Waals surface area contributed by atoms with Crippen molar-refractivity contribution in [1.29, 1.82) is 0 Å². The molecule has 1 aliphatic rings. The Morgan fingerprint density at radius 1 is 0.737 bits per heavy atom. The highest BCUT2D eigenvalue weighted by Crippen LogP contribution is 1.88. The lowest BCUT2D eigenvalue weighted by atomic mass is 10.4. The van der Waals surface area contributed by atoms with Gasteiger partial charge in [-0.3, -0.25) is 19.3 Å². The Hall–Kier alpha value is -1.71. The van der Waals surface area contributed by atoms with E-state index in [0.29, 0.717) is 0 Å². The smallest absolute Gasteiger partial charge is 0.317 e. The van der Waals surface area contributed by atoms with Crippen molar-refractivity contribution in [2.24, 2.45) is 0 Å². The zero-order valence-corrected chi connectivity index (χ0v) is 10.3. The minimum absolute atomic E-state index is 0.599. The van der Waals surface area contributed by atoms with E-state index in [4.69, 9.17) is 24.8 Å². The zero-order chi connectivity index (χ0) is 14.7. The predicted octanol–water partition coefficient (Wildman–Crippen LogP) is -1.42. The molecule has 1 aliphatic heterocycles. The van der Waals surface area contributed by atoms with Gasteiger partial charge in [0, 0.05) is 0 Å². The molecular formula is C10H17NO8. The van der Waals surface area contributed by atoms with E-state index in [1.807, 2.05) is 0 Å². The van der Waals surface area contributed by atoms with Gasteiger partial charge < -0.3 is 24.8 Å². The van der Waals surface area contributed by atoms with E-state index in [0.717, 1.165) is 31.3 Å². The van der Waals surface area contributed by atoms with Gasteiger partial charge in [-0.2, -0.15) is 0 Å². The molecule has 19 heavy (non-hydrogen) atoms. The van der Waals surface area contributed by atoms with Gasteiger partial charge in [-0.25, -0.2) is 0 Å². The molecule has 9 nitrogen and oxygen atoms in total. The summed E-state index contributed by atoms with van der Waals surface area (Å²) in [6.45, 7) is 1.32. The van der Waals surface area contributed by atoms with Crippen LogP contribution in [0.5, 0.6) is 0 Å². The molecular weight excluding hydrogens is 262 g/mol. The first-order valence-corrected chi connectivity index (χ1v) is 5.45. The summed E-state index contributed by atoms with van der Waals surface area (Å²) in [7, 11) is 0. The SMILES string of the molecule is C1COCCO1.O=C(O)CN(CC(=O)O)CC(=O)O. The van der Waals surface area contributed by atoms with E-state index < -0.39 is 37.5 Å². The first-order valence-electron chi connectivity index (χ1n) is 5.45. The summed E-state index contributed by atoms with van der Waals surface area (Å²) in [5.41, 5.74) is 0. The Morgan fingerprint density at radius 3 is 1.16 bits per heavy atom. The molecule has 0 aromatic heterocycles. The number of hydrogen-bond acceptors (Lipinski definition) is 6. The van der Waals surface area contributed by atoms with Crippen LogP contribution < -0.4 is 0 Å². The summed E-state index contributed by atoms with van der Waals surface area (Å²) in [6.07, 6.45) is 0. The van der Waals surface area contributed by atoms with Gasteiger partial charge in [0.15, 0.2) is 0 Å². The topological polar surface area (TPSA) is 134 Å². The number of aliphatic carboxylic acids is 3. The maximum absolute atomic E-state index is 10.1. The van der Waals surface area contributed by atoms with Crippen LogP contribution in [-0.2, 0) is 23.9 Å². The van der Waals surface area contributed by atoms with E-state index >= 15 is 0 Å². The van der Waals surface area contributed by atoms with Crippen molar-refractivity contribution in [3.05, 3.63) is 0 Å². The number of carboxylic acids is 3. The summed E-state index contributed by atoms with van der Waals surface area (Å²) >= 11 is 0. The highest BCUT2D eigenvalue weighted by atomic mass is 16.6. The van der Waals surface area contributed by atoms with Crippen LogP contribution in [-0.4, -0.2) is 84.2 Å². The van der Waals surface area contributed by atoms with E-state index in [1.165, 1.54) is 0 Å². The predicted molar refractivity (Wildman–Crippen MR) is 61.0 cm³/mol. The van der Waals surface area contributed by atoms with Crippen LogP contribution in [0.3, 0.4) is 0 Å². The maximum Gasteiger partial charge on any atom is 0.317 e. The quantitative estimate of drug-likeness (QED) is 0.535. The second-order valence-electron chi connectivity index (χ2n) is 3.55. The molecule has 0 amide bonds. The summed E-state index contributed by atoms with van der Waals surface area (Å²) < 4.78 is 9.89. The van der Waals surface area contributed by atoms with Crippen LogP contribution in [0.4, 0.5) is 0 Å². The average Bonchev–Trinajstić information content (AvgIpc) is 2.29. The lowest BCUT2D eigenvalue weighted by Crippen LogP contribution is -2.38. The molecule has 9 heteroatoms. The van der Waals surface area contributed by atoms with Gasteiger partial charge in [-0.05, 0) is 0 Å². The molecule has 110 valence electrons. The first-order chi connectivity index (χ1) is 8.91. The van der Waals surface area contributed by atoms with E-state index in [2.05, 4.69) is 0 Å². The van der Waals surface area contributed by atoms with Gasteiger partial charge in [0.1, 0.15) is 0 Å². The Bertz CT molecular complexity index is 252. The number of carboxylic acid groups (broad SMARTS) is 3. The van der Waals surface area contributed by atoms with Gasteiger partial charge in [0.2, 0.25) is 0 Å². The molecule has 1 saturated heterocycles. The molecule has 1 fully saturated rings. The van der Waals surface area contributed by atoms with Crippen LogP contribution in [0.1, 0.15) is 0 Å². The third-order valence-corrected chi connectivity index (χ3v) is 1.82. The van der Waals surface area contributed by atoms with Gasteiger partial charge >= 0.3 is 17.9 Å². The third-order valence-electron chi connectivity index (χ3n) is 1.82. The highest BCUT2D eigenvalue weighted by molar-refractivity contribution is 5.75. The zero-order valence-electron chi connectivity index (χ0n) is 10.3. The molecule has 3 N–H and O–H groups in total. The van der Waals surface area contributed by atoms with Crippen LogP contribution in [0.2, 0.25) is 0 Å². The third kappa shape index (κ3) is 12.5. The Morgan fingerprint density at radius 2 is 1.00 bits per heavy atom. The van der Waals surface area contributed by atoms with Gasteiger partial charge in [0.05, 0.1) is 46.1 Å². The molecule has 0 unspecified atom stereocenters. The normalized spacial score (nSPS) is 14.4. The molecule has 0 aromatic carbocycles. The first kappa shape index (κ1) is 17.3. The molecule has 0 aliphatic carbocycles. The number of hydrogen-bond donors (Lipinski definition) is 3. The van der Waals surface area contributed by atoms with Crippen molar-refractivity contribution >= 4 is 17.9 Å². The minimum atomic E-state index is -1.26. The van der Waals surface area contributed by atoms with Crippen molar-refractivity contribution in [3.8, 4) is 0 Å². The second kappa shape index (κ2) is 10.2. The average molecular weight is 279 g/mol. The fraction of sp³-hybridized carbons (Fsp3) is 0.700. The largest absolute Gasteiger partial charge is 0.480 e. The molecule has 0 spiro atoms. The van der Waals surface area contributed by atoms with Crippen LogP contribution in [0.15, 0.2) is 0 Å². The van der Waals surface area contributed by atoms with Crippen molar-refractivity contribution in [1.82, 2.24) is 4.90 Å². The van der Waals surface area contributed by atoms with Crippen LogP contribution in [0.25, 0.3) is 0 Å². The molecule has 0 atom stereocenters. The van der Waals surface area contributed by atoms with Crippen molar-refractivity contribution in [2.75, 3.05) is 46.1 Å². The van der Waals surface area contributed by atoms with Crippen molar-refractivity contribution < 1.29 is 39.2 Å². The molecule has 1 rings (SSSR count). The summed E-state index contributed by atoms with van der Waals surface area (Å²) in [5.74, 6) is -3.78. The van der Waals surface area contributed by atoms with Crippen molar-refractivity contribution in [3.63, 3.8) is 0 Å². The fourth-order valence-electron chi connectivity index (χ4n) is 1.18. The second-order valence-corrected chi connectivity index (χ2v) is 3.55. The Labute approximate surface area is 109 Å². The number of ether oxygens (including phenoxy) is 2. The van der Waals surface area contributed by atoms with Gasteiger partial charge in [0.25, 0.3) is 0 Å². The van der Waals surface area contributed by atoms with Gasteiger partial charge in [-0.1, -0.05) is 0 Å². The van der Waals surface area contributed by atoms with E-state index in [-0.39, 0.29) is 0 Å². The number of rotatable bonds is 6. The summed E-state index contributed by atoms with van der Waals surface area (Å²) in [4.78, 5) is 31.2. The highest BCUT2D eigenvalue weighted by Gasteiger charge is 2.15. The van der Waals surface area contributed by atoms with E-state index in [1.54, 1.807) is 0 Å². The Kier molecular flexibility index (Phi) is 9.31. The monoisotopic (exact) mass is 279 g/mol. The van der Waals surface area contributed by atoms with Crippen LogP contribution >= 0.6 is 0 Å². The summed E-state index contributed by atoms with van der Waals surface area (Å²) in [5, 5.41) is 24.8. The van der Waals surface area contributed by atoms with Gasteiger partial charge in [-0.15, -0.1) is 0 Å². The molecule has 0 bridgehead atoms.